The van der Waals surface area contributed by atoms with E-state index in [0.717, 1.165) is 11.1 Å². The Balaban J connectivity index is 0.00000220. The number of amides is 1. The van der Waals surface area contributed by atoms with Crippen molar-refractivity contribution in [2.24, 2.45) is 5.73 Å². The van der Waals surface area contributed by atoms with E-state index in [1.165, 1.54) is 0 Å². The van der Waals surface area contributed by atoms with E-state index in [1.807, 2.05) is 49.4 Å². The van der Waals surface area contributed by atoms with Crippen LogP contribution in [-0.4, -0.2) is 10.9 Å². The Morgan fingerprint density at radius 2 is 1.77 bits per heavy atom. The monoisotopic (exact) mass is 341 g/mol. The third-order valence-electron chi connectivity index (χ3n) is 3.19. The van der Waals surface area contributed by atoms with Crippen LogP contribution in [0.4, 0.5) is 0 Å². The van der Waals surface area contributed by atoms with E-state index in [2.05, 4.69) is 10.3 Å². The molecule has 0 aliphatic carbocycles. The second-order valence-electron chi connectivity index (χ2n) is 4.80. The zero-order valence-electron chi connectivity index (χ0n) is 12.3. The number of aromatic nitrogens is 1. The summed E-state index contributed by atoms with van der Waals surface area (Å²) in [6.07, 6.45) is 3.74. The number of nitrogens with one attached hydrogen (secondary N) is 1. The standard InChI is InChI=1S/C16H19N3O.2ClH/c1-12(14-8-5-9-18-11-14)19-16(20)10-15(17)13-6-3-2-4-7-13;;/h2-9,11-12,15H,10,17H2,1H3,(H,19,20);2*1H/t12-,15?;;/m0../s1. The fraction of sp³-hybridized carbons (Fsp3) is 0.250. The fourth-order valence-corrected chi connectivity index (χ4v) is 2.03. The van der Waals surface area contributed by atoms with Gasteiger partial charge >= 0.3 is 0 Å². The topological polar surface area (TPSA) is 68.0 Å². The van der Waals surface area contributed by atoms with Crippen LogP contribution in [-0.2, 0) is 4.79 Å². The average Bonchev–Trinajstić information content (AvgIpc) is 2.49. The van der Waals surface area contributed by atoms with E-state index >= 15 is 0 Å². The van der Waals surface area contributed by atoms with E-state index in [0.29, 0.717) is 0 Å². The summed E-state index contributed by atoms with van der Waals surface area (Å²) in [6, 6.07) is 13.1. The van der Waals surface area contributed by atoms with Gasteiger partial charge in [-0.3, -0.25) is 9.78 Å². The van der Waals surface area contributed by atoms with E-state index in [9.17, 15) is 4.79 Å². The molecule has 1 aromatic heterocycles. The lowest BCUT2D eigenvalue weighted by Crippen LogP contribution is -2.29. The molecular weight excluding hydrogens is 321 g/mol. The van der Waals surface area contributed by atoms with Crippen LogP contribution >= 0.6 is 24.8 Å². The average molecular weight is 342 g/mol. The van der Waals surface area contributed by atoms with Gasteiger partial charge in [-0.2, -0.15) is 0 Å². The van der Waals surface area contributed by atoms with E-state index in [1.54, 1.807) is 12.4 Å². The molecule has 6 heteroatoms. The summed E-state index contributed by atoms with van der Waals surface area (Å²) in [7, 11) is 0. The summed E-state index contributed by atoms with van der Waals surface area (Å²) >= 11 is 0. The van der Waals surface area contributed by atoms with Crippen LogP contribution in [0.25, 0.3) is 0 Å². The first kappa shape index (κ1) is 20.4. The van der Waals surface area contributed by atoms with Gasteiger partial charge in [0.05, 0.1) is 6.04 Å². The molecule has 1 amide bonds. The van der Waals surface area contributed by atoms with Gasteiger partial charge in [0.15, 0.2) is 0 Å². The molecule has 3 N–H and O–H groups in total. The minimum absolute atomic E-state index is 0. The second-order valence-corrected chi connectivity index (χ2v) is 4.80. The number of carbonyl (C=O) groups excluding carboxylic acids is 1. The van der Waals surface area contributed by atoms with Gasteiger partial charge < -0.3 is 11.1 Å². The molecule has 2 atom stereocenters. The summed E-state index contributed by atoms with van der Waals surface area (Å²) in [5, 5.41) is 2.94. The predicted octanol–water partition coefficient (Wildman–Crippen LogP) is 3.19. The maximum Gasteiger partial charge on any atom is 0.222 e. The summed E-state index contributed by atoms with van der Waals surface area (Å²) in [4.78, 5) is 16.0. The number of carbonyl (C=O) groups is 1. The van der Waals surface area contributed by atoms with Crippen molar-refractivity contribution in [2.45, 2.75) is 25.4 Å². The van der Waals surface area contributed by atoms with Crippen molar-refractivity contribution in [1.82, 2.24) is 10.3 Å². The molecule has 0 saturated heterocycles. The Labute approximate surface area is 143 Å². The lowest BCUT2D eigenvalue weighted by atomic mass is 10.0. The van der Waals surface area contributed by atoms with E-state index in [4.69, 9.17) is 5.73 Å². The zero-order chi connectivity index (χ0) is 14.4. The second kappa shape index (κ2) is 10.2. The van der Waals surface area contributed by atoms with Gasteiger partial charge in [0.25, 0.3) is 0 Å². The lowest BCUT2D eigenvalue weighted by molar-refractivity contribution is -0.122. The molecule has 120 valence electrons. The Hall–Kier alpha value is -1.62. The quantitative estimate of drug-likeness (QED) is 0.877. The Kier molecular flexibility index (Phi) is 9.42. The molecule has 2 rings (SSSR count). The van der Waals surface area contributed by atoms with Crippen molar-refractivity contribution < 1.29 is 4.79 Å². The van der Waals surface area contributed by atoms with Crippen molar-refractivity contribution in [2.75, 3.05) is 0 Å². The SMILES string of the molecule is C[C@H](NC(=O)CC(N)c1ccccc1)c1cccnc1.Cl.Cl. The number of nitrogens with zero attached hydrogens (tertiary/aromatic N) is 1. The highest BCUT2D eigenvalue weighted by Crippen LogP contribution is 2.15. The molecule has 0 saturated carbocycles. The summed E-state index contributed by atoms with van der Waals surface area (Å²) in [5.41, 5.74) is 7.99. The number of pyridine rings is 1. The molecule has 0 bridgehead atoms. The zero-order valence-corrected chi connectivity index (χ0v) is 13.9. The number of hydrogen-bond acceptors (Lipinski definition) is 3. The third-order valence-corrected chi connectivity index (χ3v) is 3.19. The summed E-state index contributed by atoms with van der Waals surface area (Å²) in [6.45, 7) is 1.93. The van der Waals surface area contributed by atoms with Crippen LogP contribution < -0.4 is 11.1 Å². The van der Waals surface area contributed by atoms with E-state index < -0.39 is 0 Å². The maximum absolute atomic E-state index is 12.0. The largest absolute Gasteiger partial charge is 0.349 e. The number of nitrogens with two attached hydrogens (primary N) is 1. The number of halogens is 2. The van der Waals surface area contributed by atoms with Crippen molar-refractivity contribution in [3.63, 3.8) is 0 Å². The van der Waals surface area contributed by atoms with Crippen LogP contribution in [0.1, 0.15) is 36.6 Å². The highest BCUT2D eigenvalue weighted by atomic mass is 35.5. The number of hydrogen-bond donors (Lipinski definition) is 2. The van der Waals surface area contributed by atoms with Gasteiger partial charge in [-0.1, -0.05) is 36.4 Å². The van der Waals surface area contributed by atoms with Crippen molar-refractivity contribution in [3.05, 3.63) is 66.0 Å². The molecule has 1 unspecified atom stereocenters. The third kappa shape index (κ3) is 6.02. The molecule has 0 aliphatic rings. The Morgan fingerprint density at radius 1 is 1.14 bits per heavy atom. The number of benzene rings is 1. The predicted molar refractivity (Wildman–Crippen MR) is 93.3 cm³/mol. The van der Waals surface area contributed by atoms with Gasteiger partial charge in [0.2, 0.25) is 5.91 Å². The van der Waals surface area contributed by atoms with Gasteiger partial charge in [-0.05, 0) is 24.1 Å². The van der Waals surface area contributed by atoms with Gasteiger partial charge in [0.1, 0.15) is 0 Å². The Bertz CT molecular complexity index is 502. The van der Waals surface area contributed by atoms with Crippen molar-refractivity contribution in [3.8, 4) is 0 Å². The van der Waals surface area contributed by atoms with Crippen molar-refractivity contribution in [1.29, 1.82) is 0 Å². The summed E-state index contributed by atoms with van der Waals surface area (Å²) in [5.74, 6) is -0.0577. The van der Waals surface area contributed by atoms with E-state index in [-0.39, 0.29) is 49.2 Å². The molecule has 2 aromatic rings. The first-order valence-electron chi connectivity index (χ1n) is 6.66. The number of rotatable bonds is 5. The maximum atomic E-state index is 12.0. The van der Waals surface area contributed by atoms with Crippen molar-refractivity contribution >= 4 is 30.7 Å². The minimum atomic E-state index is -0.280. The first-order valence-corrected chi connectivity index (χ1v) is 6.66. The fourth-order valence-electron chi connectivity index (χ4n) is 2.03. The van der Waals surface area contributed by atoms with Gasteiger partial charge in [-0.25, -0.2) is 0 Å². The molecule has 1 aromatic carbocycles. The van der Waals surface area contributed by atoms with Crippen LogP contribution in [0.5, 0.6) is 0 Å². The molecule has 0 radical (unpaired) electrons. The normalized spacial score (nSPS) is 12.3. The molecule has 0 spiro atoms. The van der Waals surface area contributed by atoms with Crippen LogP contribution in [0, 0.1) is 0 Å². The van der Waals surface area contributed by atoms with Crippen LogP contribution in [0.2, 0.25) is 0 Å². The van der Waals surface area contributed by atoms with Gasteiger partial charge in [-0.15, -0.1) is 24.8 Å². The Morgan fingerprint density at radius 3 is 2.36 bits per heavy atom. The molecule has 1 heterocycles. The first-order chi connectivity index (χ1) is 9.66. The molecule has 4 nitrogen and oxygen atoms in total. The molecule has 22 heavy (non-hydrogen) atoms. The molecule has 0 aliphatic heterocycles. The van der Waals surface area contributed by atoms with Gasteiger partial charge in [0, 0.05) is 24.9 Å². The lowest BCUT2D eigenvalue weighted by Gasteiger charge is -2.16. The molecular formula is C16H21Cl2N3O. The van der Waals surface area contributed by atoms with Crippen LogP contribution in [0.15, 0.2) is 54.9 Å². The smallest absolute Gasteiger partial charge is 0.222 e. The highest BCUT2D eigenvalue weighted by molar-refractivity contribution is 5.85. The van der Waals surface area contributed by atoms with Crippen LogP contribution in [0.3, 0.4) is 0 Å². The highest BCUT2D eigenvalue weighted by Gasteiger charge is 2.14. The molecule has 0 fully saturated rings. The summed E-state index contributed by atoms with van der Waals surface area (Å²) < 4.78 is 0. The minimum Gasteiger partial charge on any atom is -0.349 e.